The highest BCUT2D eigenvalue weighted by atomic mass is 16.3. The van der Waals surface area contributed by atoms with Crippen molar-refractivity contribution < 1.29 is 24.6 Å². The fourth-order valence-electron chi connectivity index (χ4n) is 3.64. The summed E-state index contributed by atoms with van der Waals surface area (Å²) in [6.07, 6.45) is 0. The molecule has 1 saturated heterocycles. The predicted molar refractivity (Wildman–Crippen MR) is 115 cm³/mol. The van der Waals surface area contributed by atoms with E-state index in [-0.39, 0.29) is 16.8 Å². The van der Waals surface area contributed by atoms with Gasteiger partial charge < -0.3 is 10.2 Å². The van der Waals surface area contributed by atoms with Crippen molar-refractivity contribution in [3.63, 3.8) is 0 Å². The third-order valence-electron chi connectivity index (χ3n) is 5.23. The fraction of sp³-hybridized carbons (Fsp3) is 0.0800. The first-order valence-electron chi connectivity index (χ1n) is 9.62. The topological polar surface area (TPSA) is 94.9 Å². The fourth-order valence-corrected chi connectivity index (χ4v) is 3.64. The minimum Gasteiger partial charge on any atom is -0.507 e. The molecule has 0 aromatic heterocycles. The average molecular weight is 413 g/mol. The Morgan fingerprint density at radius 3 is 1.87 bits per heavy atom. The molecule has 6 heteroatoms. The number of nitrogens with zero attached hydrogens (tertiary/aromatic N) is 1. The number of aliphatic hydroxyl groups is 2. The number of rotatable bonds is 4. The van der Waals surface area contributed by atoms with Gasteiger partial charge in [-0.3, -0.25) is 19.3 Å². The van der Waals surface area contributed by atoms with Gasteiger partial charge in [0.15, 0.2) is 0 Å². The molecule has 0 radical (unpaired) electrons. The zero-order valence-electron chi connectivity index (χ0n) is 16.6. The molecular weight excluding hydrogens is 394 g/mol. The zero-order chi connectivity index (χ0) is 22.2. The molecule has 1 heterocycles. The van der Waals surface area contributed by atoms with Gasteiger partial charge in [-0.2, -0.15) is 0 Å². The van der Waals surface area contributed by atoms with E-state index in [9.17, 15) is 24.6 Å². The van der Waals surface area contributed by atoms with Crippen LogP contribution < -0.4 is 4.90 Å². The maximum atomic E-state index is 13.5. The molecule has 0 saturated carbocycles. The zero-order valence-corrected chi connectivity index (χ0v) is 16.6. The van der Waals surface area contributed by atoms with E-state index in [4.69, 9.17) is 0 Å². The van der Waals surface area contributed by atoms with Crippen LogP contribution in [0.4, 0.5) is 5.69 Å². The van der Waals surface area contributed by atoms with Crippen LogP contribution >= 0.6 is 0 Å². The number of aryl methyl sites for hydroxylation is 1. The summed E-state index contributed by atoms with van der Waals surface area (Å²) in [5.41, 5.74) is -2.05. The summed E-state index contributed by atoms with van der Waals surface area (Å²) in [5.74, 6) is -3.77. The lowest BCUT2D eigenvalue weighted by Gasteiger charge is -2.32. The molecule has 1 aliphatic heterocycles. The number of ketones is 2. The maximum absolute atomic E-state index is 13.5. The molecule has 0 bridgehead atoms. The minimum atomic E-state index is -2.72. The second-order valence-electron chi connectivity index (χ2n) is 7.26. The van der Waals surface area contributed by atoms with Crippen LogP contribution in [0.25, 0.3) is 5.76 Å². The monoisotopic (exact) mass is 413 g/mol. The van der Waals surface area contributed by atoms with E-state index in [0.717, 1.165) is 10.5 Å². The normalized spacial score (nSPS) is 20.1. The Balaban J connectivity index is 2.00. The van der Waals surface area contributed by atoms with Crippen LogP contribution in [0.2, 0.25) is 0 Å². The van der Waals surface area contributed by atoms with Crippen molar-refractivity contribution in [2.24, 2.45) is 0 Å². The molecular formula is C25H19NO5. The molecule has 3 aromatic rings. The van der Waals surface area contributed by atoms with E-state index in [0.29, 0.717) is 0 Å². The van der Waals surface area contributed by atoms with Gasteiger partial charge in [0.25, 0.3) is 5.78 Å². The van der Waals surface area contributed by atoms with Gasteiger partial charge >= 0.3 is 5.91 Å². The molecule has 1 fully saturated rings. The van der Waals surface area contributed by atoms with E-state index in [1.54, 1.807) is 48.5 Å². The van der Waals surface area contributed by atoms with Crippen molar-refractivity contribution in [3.05, 3.63) is 107 Å². The highest BCUT2D eigenvalue weighted by Crippen LogP contribution is 2.41. The summed E-state index contributed by atoms with van der Waals surface area (Å²) in [5, 5.41) is 22.7. The standard InChI is InChI=1S/C25H19NO5/c1-16-12-14-19(15-13-16)26-24(30)22(28)20(21(27)17-8-4-2-5-9-17)25(26,31)23(29)18-10-6-3-7-11-18/h2-15,27,31H,1H3. The van der Waals surface area contributed by atoms with Crippen molar-refractivity contribution in [2.75, 3.05) is 4.90 Å². The molecule has 1 atom stereocenters. The molecule has 31 heavy (non-hydrogen) atoms. The van der Waals surface area contributed by atoms with E-state index < -0.39 is 34.5 Å². The lowest BCUT2D eigenvalue weighted by Crippen LogP contribution is -2.53. The number of aliphatic hydroxyl groups excluding tert-OH is 1. The second-order valence-corrected chi connectivity index (χ2v) is 7.26. The quantitative estimate of drug-likeness (QED) is 0.296. The van der Waals surface area contributed by atoms with Gasteiger partial charge in [-0.25, -0.2) is 0 Å². The second kappa shape index (κ2) is 7.66. The predicted octanol–water partition coefficient (Wildman–Crippen LogP) is 3.45. The lowest BCUT2D eigenvalue weighted by molar-refractivity contribution is -0.132. The largest absolute Gasteiger partial charge is 0.507 e. The Morgan fingerprint density at radius 2 is 1.32 bits per heavy atom. The molecule has 2 N–H and O–H groups in total. The lowest BCUT2D eigenvalue weighted by atomic mass is 9.90. The van der Waals surface area contributed by atoms with Crippen LogP contribution in [0.15, 0.2) is 90.5 Å². The first kappa shape index (κ1) is 20.3. The number of benzene rings is 3. The third-order valence-corrected chi connectivity index (χ3v) is 5.23. The third kappa shape index (κ3) is 3.23. The highest BCUT2D eigenvalue weighted by Gasteiger charge is 2.61. The number of hydrogen-bond acceptors (Lipinski definition) is 5. The van der Waals surface area contributed by atoms with Crippen LogP contribution in [-0.4, -0.2) is 33.4 Å². The highest BCUT2D eigenvalue weighted by molar-refractivity contribution is 6.54. The van der Waals surface area contributed by atoms with Crippen molar-refractivity contribution in [3.8, 4) is 0 Å². The Hall–Kier alpha value is -4.03. The smallest absolute Gasteiger partial charge is 0.302 e. The number of Topliss-reactive ketones (excluding diaryl/α,β-unsaturated/α-hetero) is 2. The van der Waals surface area contributed by atoms with Crippen LogP contribution in [0.3, 0.4) is 0 Å². The van der Waals surface area contributed by atoms with Crippen LogP contribution in [0.1, 0.15) is 21.5 Å². The van der Waals surface area contributed by atoms with Gasteiger partial charge in [0.2, 0.25) is 11.5 Å². The minimum absolute atomic E-state index is 0.0861. The Bertz CT molecular complexity index is 1200. The van der Waals surface area contributed by atoms with Gasteiger partial charge in [0.1, 0.15) is 11.3 Å². The van der Waals surface area contributed by atoms with Gasteiger partial charge in [-0.15, -0.1) is 0 Å². The molecule has 3 aromatic carbocycles. The first-order valence-corrected chi connectivity index (χ1v) is 9.62. The molecule has 1 amide bonds. The first-order chi connectivity index (χ1) is 14.9. The van der Waals surface area contributed by atoms with E-state index in [2.05, 4.69) is 0 Å². The Morgan fingerprint density at radius 1 is 0.806 bits per heavy atom. The summed E-state index contributed by atoms with van der Waals surface area (Å²) in [6.45, 7) is 1.84. The summed E-state index contributed by atoms with van der Waals surface area (Å²) in [6, 6.07) is 22.3. The number of hydrogen-bond donors (Lipinski definition) is 2. The summed E-state index contributed by atoms with van der Waals surface area (Å²) < 4.78 is 0. The SMILES string of the molecule is Cc1ccc(N2C(=O)C(=O)C(=C(O)c3ccccc3)C2(O)C(=O)c2ccccc2)cc1. The van der Waals surface area contributed by atoms with Crippen molar-refractivity contribution in [1.82, 2.24) is 0 Å². The average Bonchev–Trinajstić information content (AvgIpc) is 3.00. The Kier molecular flexibility index (Phi) is 5.01. The van der Waals surface area contributed by atoms with Crippen LogP contribution in [-0.2, 0) is 9.59 Å². The van der Waals surface area contributed by atoms with E-state index in [1.165, 1.54) is 36.4 Å². The Labute approximate surface area is 178 Å². The maximum Gasteiger partial charge on any atom is 0.302 e. The molecule has 0 aliphatic carbocycles. The van der Waals surface area contributed by atoms with Gasteiger partial charge in [0.05, 0.1) is 0 Å². The van der Waals surface area contributed by atoms with E-state index >= 15 is 0 Å². The van der Waals surface area contributed by atoms with Crippen molar-refractivity contribution in [2.45, 2.75) is 12.6 Å². The number of anilines is 1. The number of carbonyl (C=O) groups is 3. The number of carbonyl (C=O) groups excluding carboxylic acids is 3. The summed E-state index contributed by atoms with van der Waals surface area (Å²) >= 11 is 0. The van der Waals surface area contributed by atoms with E-state index in [1.807, 2.05) is 6.92 Å². The molecule has 4 rings (SSSR count). The molecule has 0 spiro atoms. The van der Waals surface area contributed by atoms with Gasteiger partial charge in [0, 0.05) is 16.8 Å². The van der Waals surface area contributed by atoms with Crippen molar-refractivity contribution in [1.29, 1.82) is 0 Å². The number of amides is 1. The summed E-state index contributed by atoms with van der Waals surface area (Å²) in [4.78, 5) is 40.3. The molecule has 6 nitrogen and oxygen atoms in total. The summed E-state index contributed by atoms with van der Waals surface area (Å²) in [7, 11) is 0. The van der Waals surface area contributed by atoms with Crippen LogP contribution in [0.5, 0.6) is 0 Å². The molecule has 154 valence electrons. The molecule has 1 unspecified atom stereocenters. The molecule has 1 aliphatic rings. The van der Waals surface area contributed by atoms with Gasteiger partial charge in [-0.1, -0.05) is 78.4 Å². The van der Waals surface area contributed by atoms with Crippen LogP contribution in [0, 0.1) is 6.92 Å². The van der Waals surface area contributed by atoms with Gasteiger partial charge in [-0.05, 0) is 19.1 Å². The van der Waals surface area contributed by atoms with Crippen molar-refractivity contribution >= 4 is 28.9 Å².